The summed E-state index contributed by atoms with van der Waals surface area (Å²) in [6, 6.07) is 14.8. The fourth-order valence-corrected chi connectivity index (χ4v) is 5.14. The number of hydrogen-bond acceptors (Lipinski definition) is 3. The van der Waals surface area contributed by atoms with Crippen LogP contribution in [0.4, 0.5) is 5.69 Å². The molecule has 0 radical (unpaired) electrons. The minimum atomic E-state index is 0.0879. The second-order valence-corrected chi connectivity index (χ2v) is 8.58. The van der Waals surface area contributed by atoms with E-state index in [0.717, 1.165) is 29.7 Å². The van der Waals surface area contributed by atoms with Gasteiger partial charge < -0.3 is 10.2 Å². The third-order valence-electron chi connectivity index (χ3n) is 5.39. The third-order valence-corrected chi connectivity index (χ3v) is 6.54. The molecule has 2 atom stereocenters. The van der Waals surface area contributed by atoms with Gasteiger partial charge in [-0.3, -0.25) is 4.79 Å². The van der Waals surface area contributed by atoms with Crippen LogP contribution >= 0.6 is 11.3 Å². The maximum absolute atomic E-state index is 12.7. The molecule has 1 aliphatic heterocycles. The van der Waals surface area contributed by atoms with Crippen LogP contribution in [0.1, 0.15) is 41.4 Å². The lowest BCUT2D eigenvalue weighted by Gasteiger charge is -2.30. The lowest BCUT2D eigenvalue weighted by Crippen LogP contribution is -3.14. The number of benzene rings is 2. The van der Waals surface area contributed by atoms with Gasteiger partial charge in [-0.05, 0) is 50.5 Å². The second-order valence-electron chi connectivity index (χ2n) is 7.52. The Kier molecular flexibility index (Phi) is 5.23. The summed E-state index contributed by atoms with van der Waals surface area (Å²) in [5.74, 6) is 0.0879. The first-order valence-electron chi connectivity index (χ1n) is 9.67. The Balaban J connectivity index is 1.49. The van der Waals surface area contributed by atoms with Gasteiger partial charge in [0, 0.05) is 12.1 Å². The number of aryl methyl sites for hydroxylation is 2. The van der Waals surface area contributed by atoms with Gasteiger partial charge in [0.25, 0.3) is 5.91 Å². The predicted octanol–water partition coefficient (Wildman–Crippen LogP) is 3.66. The number of carbonyl (C=O) groups is 1. The van der Waals surface area contributed by atoms with Gasteiger partial charge in [0.1, 0.15) is 6.04 Å². The minimum absolute atomic E-state index is 0.0879. The Morgan fingerprint density at radius 1 is 1.22 bits per heavy atom. The van der Waals surface area contributed by atoms with Crippen molar-refractivity contribution in [3.63, 3.8) is 0 Å². The van der Waals surface area contributed by atoms with Crippen LogP contribution in [0.5, 0.6) is 0 Å². The summed E-state index contributed by atoms with van der Waals surface area (Å²) >= 11 is 1.78. The van der Waals surface area contributed by atoms with Crippen molar-refractivity contribution in [3.8, 4) is 0 Å². The Labute approximate surface area is 164 Å². The van der Waals surface area contributed by atoms with Crippen molar-refractivity contribution < 1.29 is 9.69 Å². The molecule has 27 heavy (non-hydrogen) atoms. The maximum Gasteiger partial charge on any atom is 0.279 e. The van der Waals surface area contributed by atoms with E-state index in [2.05, 4.69) is 36.5 Å². The number of rotatable bonds is 4. The Hall–Kier alpha value is -2.24. The molecule has 2 N–H and O–H groups in total. The fraction of sp³-hybridized carbons (Fsp3) is 0.364. The summed E-state index contributed by atoms with van der Waals surface area (Å²) < 4.78 is 1.23. The van der Waals surface area contributed by atoms with E-state index in [1.54, 1.807) is 11.3 Å². The van der Waals surface area contributed by atoms with Crippen molar-refractivity contribution >= 4 is 33.1 Å². The van der Waals surface area contributed by atoms with Crippen LogP contribution in [0.2, 0.25) is 0 Å². The molecule has 1 aliphatic rings. The topological polar surface area (TPSA) is 46.4 Å². The van der Waals surface area contributed by atoms with Crippen molar-refractivity contribution in [2.24, 2.45) is 0 Å². The highest BCUT2D eigenvalue weighted by Crippen LogP contribution is 2.28. The van der Waals surface area contributed by atoms with Gasteiger partial charge in [0.15, 0.2) is 11.6 Å². The van der Waals surface area contributed by atoms with Crippen LogP contribution in [-0.2, 0) is 4.79 Å². The summed E-state index contributed by atoms with van der Waals surface area (Å²) in [4.78, 5) is 18.9. The molecule has 2 heterocycles. The van der Waals surface area contributed by atoms with Gasteiger partial charge in [0.2, 0.25) is 0 Å². The zero-order valence-corrected chi connectivity index (χ0v) is 16.7. The zero-order valence-electron chi connectivity index (χ0n) is 15.9. The number of quaternary nitrogens is 1. The summed E-state index contributed by atoms with van der Waals surface area (Å²) in [5, 5.41) is 4.28. The predicted molar refractivity (Wildman–Crippen MR) is 111 cm³/mol. The molecule has 3 aromatic rings. The number of anilines is 1. The molecule has 1 fully saturated rings. The quantitative estimate of drug-likeness (QED) is 0.726. The largest absolute Gasteiger partial charge is 0.321 e. The SMILES string of the molecule is Cc1ccc(NC(=O)C[NH+]2CCCC[C@H]2c2nc3ccccc3s2)c(C)c1. The number of carbonyl (C=O) groups excluding carboxylic acids is 1. The standard InChI is InChI=1S/C22H25N3OS/c1-15-10-11-17(16(2)13-15)23-21(26)14-25-12-6-5-8-19(25)22-24-18-7-3-4-9-20(18)27-22/h3-4,7,9-11,13,19H,5-6,8,12,14H2,1-2H3,(H,23,26)/p+1/t19-/m0/s1. The highest BCUT2D eigenvalue weighted by atomic mass is 32.1. The minimum Gasteiger partial charge on any atom is -0.321 e. The van der Waals surface area contributed by atoms with Crippen molar-refractivity contribution in [1.29, 1.82) is 0 Å². The lowest BCUT2D eigenvalue weighted by atomic mass is 10.0. The summed E-state index contributed by atoms with van der Waals surface area (Å²) in [5.41, 5.74) is 4.31. The highest BCUT2D eigenvalue weighted by Gasteiger charge is 2.32. The number of aromatic nitrogens is 1. The van der Waals surface area contributed by atoms with Crippen LogP contribution < -0.4 is 10.2 Å². The molecule has 1 amide bonds. The normalized spacial score (nSPS) is 19.9. The highest BCUT2D eigenvalue weighted by molar-refractivity contribution is 7.18. The number of para-hydroxylation sites is 1. The molecule has 0 aliphatic carbocycles. The third kappa shape index (κ3) is 4.04. The van der Waals surface area contributed by atoms with E-state index in [0.29, 0.717) is 12.6 Å². The van der Waals surface area contributed by atoms with Crippen LogP contribution in [0.15, 0.2) is 42.5 Å². The number of likely N-dealkylation sites (tertiary alicyclic amines) is 1. The second kappa shape index (κ2) is 7.79. The summed E-state index contributed by atoms with van der Waals surface area (Å²) in [6.07, 6.45) is 3.49. The van der Waals surface area contributed by atoms with Gasteiger partial charge in [-0.25, -0.2) is 4.98 Å². The van der Waals surface area contributed by atoms with E-state index in [9.17, 15) is 4.79 Å². The molecular weight excluding hydrogens is 354 g/mol. The average molecular weight is 381 g/mol. The maximum atomic E-state index is 12.7. The van der Waals surface area contributed by atoms with Crippen LogP contribution in [-0.4, -0.2) is 24.0 Å². The smallest absolute Gasteiger partial charge is 0.279 e. The molecular formula is C22H26N3OS+. The molecule has 4 rings (SSSR count). The summed E-state index contributed by atoms with van der Waals surface area (Å²) in [7, 11) is 0. The number of fused-ring (bicyclic) bond motifs is 1. The summed E-state index contributed by atoms with van der Waals surface area (Å²) in [6.45, 7) is 5.63. The van der Waals surface area contributed by atoms with Crippen LogP contribution in [0.3, 0.4) is 0 Å². The molecule has 0 spiro atoms. The average Bonchev–Trinajstić information content (AvgIpc) is 3.08. The molecule has 1 aromatic heterocycles. The van der Waals surface area contributed by atoms with Gasteiger partial charge in [-0.15, -0.1) is 11.3 Å². The van der Waals surface area contributed by atoms with Crippen LogP contribution in [0.25, 0.3) is 10.2 Å². The molecule has 0 saturated carbocycles. The van der Waals surface area contributed by atoms with E-state index >= 15 is 0 Å². The first-order chi connectivity index (χ1) is 13.1. The molecule has 1 unspecified atom stereocenters. The van der Waals surface area contributed by atoms with Crippen LogP contribution in [0, 0.1) is 13.8 Å². The Morgan fingerprint density at radius 3 is 2.89 bits per heavy atom. The Morgan fingerprint density at radius 2 is 2.07 bits per heavy atom. The molecule has 0 bridgehead atoms. The van der Waals surface area contributed by atoms with E-state index in [4.69, 9.17) is 4.98 Å². The number of nitrogens with one attached hydrogen (secondary N) is 2. The first kappa shape index (κ1) is 18.1. The zero-order chi connectivity index (χ0) is 18.8. The molecule has 2 aromatic carbocycles. The number of thiazole rings is 1. The van der Waals surface area contributed by atoms with Crippen molar-refractivity contribution in [1.82, 2.24) is 4.98 Å². The van der Waals surface area contributed by atoms with E-state index in [1.165, 1.54) is 33.0 Å². The molecule has 140 valence electrons. The Bertz CT molecular complexity index is 932. The van der Waals surface area contributed by atoms with Crippen molar-refractivity contribution in [2.45, 2.75) is 39.2 Å². The van der Waals surface area contributed by atoms with Gasteiger partial charge in [-0.2, -0.15) is 0 Å². The molecule has 5 heteroatoms. The number of amides is 1. The molecule has 1 saturated heterocycles. The van der Waals surface area contributed by atoms with Crippen molar-refractivity contribution in [3.05, 3.63) is 58.6 Å². The number of piperidine rings is 1. The number of hydrogen-bond donors (Lipinski definition) is 2. The van der Waals surface area contributed by atoms with E-state index < -0.39 is 0 Å². The molecule has 4 nitrogen and oxygen atoms in total. The monoisotopic (exact) mass is 380 g/mol. The number of nitrogens with zero attached hydrogens (tertiary/aromatic N) is 1. The first-order valence-corrected chi connectivity index (χ1v) is 10.5. The lowest BCUT2D eigenvalue weighted by molar-refractivity contribution is -0.929. The van der Waals surface area contributed by atoms with E-state index in [1.807, 2.05) is 25.1 Å². The van der Waals surface area contributed by atoms with Crippen molar-refractivity contribution in [2.75, 3.05) is 18.4 Å². The van der Waals surface area contributed by atoms with Gasteiger partial charge >= 0.3 is 0 Å². The fourth-order valence-electron chi connectivity index (χ4n) is 3.98. The van der Waals surface area contributed by atoms with Gasteiger partial charge in [0.05, 0.1) is 16.8 Å². The van der Waals surface area contributed by atoms with Gasteiger partial charge in [-0.1, -0.05) is 29.8 Å². The van der Waals surface area contributed by atoms with E-state index in [-0.39, 0.29) is 5.91 Å².